The summed E-state index contributed by atoms with van der Waals surface area (Å²) in [6.45, 7) is 26.4. The summed E-state index contributed by atoms with van der Waals surface area (Å²) in [6.07, 6.45) is 4.74. The summed E-state index contributed by atoms with van der Waals surface area (Å²) in [6, 6.07) is 35.4. The summed E-state index contributed by atoms with van der Waals surface area (Å²) < 4.78 is 7.27. The van der Waals surface area contributed by atoms with Gasteiger partial charge in [-0.1, -0.05) is 112 Å². The zero-order chi connectivity index (χ0) is 39.3. The molecule has 1 aromatic heterocycles. The highest BCUT2D eigenvalue weighted by Gasteiger charge is 2.49. The maximum absolute atomic E-state index is 7.27. The van der Waals surface area contributed by atoms with E-state index in [1.54, 1.807) is 0 Å². The molecule has 284 valence electrons. The highest BCUT2D eigenvalue weighted by atomic mass is 16.3. The molecule has 4 heteroatoms. The van der Waals surface area contributed by atoms with Gasteiger partial charge in [0.05, 0.1) is 11.3 Å². The number of hydrogen-bond acceptors (Lipinski definition) is 3. The Balaban J connectivity index is 1.33. The van der Waals surface area contributed by atoms with Crippen LogP contribution in [-0.4, -0.2) is 6.71 Å². The van der Waals surface area contributed by atoms with E-state index in [2.05, 4.69) is 177 Å². The van der Waals surface area contributed by atoms with Gasteiger partial charge in [0.25, 0.3) is 6.71 Å². The van der Waals surface area contributed by atoms with Crippen LogP contribution in [0, 0.1) is 6.92 Å². The van der Waals surface area contributed by atoms with Crippen LogP contribution in [0.3, 0.4) is 0 Å². The van der Waals surface area contributed by atoms with Gasteiger partial charge >= 0.3 is 0 Å². The molecule has 56 heavy (non-hydrogen) atoms. The van der Waals surface area contributed by atoms with Gasteiger partial charge in [0.15, 0.2) is 0 Å². The number of nitrogens with zero attached hydrogens (tertiary/aromatic N) is 2. The van der Waals surface area contributed by atoms with Gasteiger partial charge in [0, 0.05) is 33.8 Å². The molecule has 0 saturated heterocycles. The molecule has 0 N–H and O–H groups in total. The van der Waals surface area contributed by atoms with Gasteiger partial charge in [-0.05, 0) is 153 Å². The SMILES string of the molecule is Cc1ccccc1N1c2cccc3c2B(c2cc4c(cc2N3c2ccc3c(c2)C(C)(C)CCC3(C)C)C(C)(C)CCC4(C)C)c2oc3ccc(C(C)C)cc3c21. The largest absolute Gasteiger partial charge is 0.468 e. The topological polar surface area (TPSA) is 19.6 Å². The Hall–Kier alpha value is -4.70. The van der Waals surface area contributed by atoms with Gasteiger partial charge < -0.3 is 14.2 Å². The Bertz CT molecular complexity index is 2620. The lowest BCUT2D eigenvalue weighted by molar-refractivity contribution is 0.332. The van der Waals surface area contributed by atoms with E-state index in [1.165, 1.54) is 110 Å². The minimum Gasteiger partial charge on any atom is -0.468 e. The monoisotopic (exact) mass is 736 g/mol. The van der Waals surface area contributed by atoms with Crippen molar-refractivity contribution >= 4 is 68.4 Å². The van der Waals surface area contributed by atoms with Crippen molar-refractivity contribution in [3.8, 4) is 0 Å². The first-order chi connectivity index (χ1) is 26.5. The molecular formula is C52H57BN2O. The Kier molecular flexibility index (Phi) is 7.45. The summed E-state index contributed by atoms with van der Waals surface area (Å²) in [5.41, 5.74) is 21.0. The average molecular weight is 737 g/mol. The normalized spacial score (nSPS) is 19.3. The van der Waals surface area contributed by atoms with Gasteiger partial charge in [-0.15, -0.1) is 0 Å². The van der Waals surface area contributed by atoms with Crippen LogP contribution in [-0.2, 0) is 21.7 Å². The molecule has 0 amide bonds. The molecule has 0 atom stereocenters. The zero-order valence-corrected chi connectivity index (χ0v) is 35.4. The first kappa shape index (κ1) is 35.7. The Labute approximate surface area is 335 Å². The summed E-state index contributed by atoms with van der Waals surface area (Å²) in [4.78, 5) is 5.16. The number of rotatable bonds is 3. The molecule has 6 aromatic rings. The fourth-order valence-electron chi connectivity index (χ4n) is 10.9. The van der Waals surface area contributed by atoms with Crippen molar-refractivity contribution in [2.75, 3.05) is 9.80 Å². The second-order valence-electron chi connectivity index (χ2n) is 20.5. The molecule has 2 aliphatic heterocycles. The van der Waals surface area contributed by atoms with E-state index in [4.69, 9.17) is 4.42 Å². The number of hydrogen-bond donors (Lipinski definition) is 0. The standard InChI is InChI=1S/C52H57BN2O/c1-31(2)33-19-22-45-35(27-33)47-48(56-45)53-40-29-38-39(52(10,11)26-25-51(38,8)9)30-44(40)54(34-20-21-36-37(28-34)50(6,7)24-23-49(36,4)5)42-17-14-18-43(46(42)53)55(47)41-16-13-12-15-32(41)3/h12-22,27-31H,23-26H2,1-11H3. The third-order valence-corrected chi connectivity index (χ3v) is 14.7. The zero-order valence-electron chi connectivity index (χ0n) is 35.4. The minimum absolute atomic E-state index is 0.0586. The summed E-state index contributed by atoms with van der Waals surface area (Å²) in [5.74, 6) is 0.410. The highest BCUT2D eigenvalue weighted by molar-refractivity contribution is 7.00. The van der Waals surface area contributed by atoms with Gasteiger partial charge in [-0.25, -0.2) is 0 Å². The smallest absolute Gasteiger partial charge is 0.297 e. The number of furan rings is 1. The van der Waals surface area contributed by atoms with E-state index < -0.39 is 0 Å². The van der Waals surface area contributed by atoms with Crippen LogP contribution in [0.15, 0.2) is 95.4 Å². The molecule has 10 rings (SSSR count). The Morgan fingerprint density at radius 1 is 0.571 bits per heavy atom. The molecule has 3 nitrogen and oxygen atoms in total. The number of fused-ring (bicyclic) bond motifs is 8. The number of benzene rings is 5. The number of anilines is 6. The first-order valence-corrected chi connectivity index (χ1v) is 21.2. The second-order valence-corrected chi connectivity index (χ2v) is 20.5. The molecule has 0 saturated carbocycles. The lowest BCUT2D eigenvalue weighted by Crippen LogP contribution is -2.61. The van der Waals surface area contributed by atoms with Crippen molar-refractivity contribution in [2.24, 2.45) is 0 Å². The van der Waals surface area contributed by atoms with E-state index in [9.17, 15) is 0 Å². The first-order valence-electron chi connectivity index (χ1n) is 21.2. The van der Waals surface area contributed by atoms with Crippen molar-refractivity contribution in [3.63, 3.8) is 0 Å². The summed E-state index contributed by atoms with van der Waals surface area (Å²) in [7, 11) is 0. The van der Waals surface area contributed by atoms with Crippen LogP contribution in [0.1, 0.15) is 134 Å². The maximum Gasteiger partial charge on any atom is 0.297 e. The van der Waals surface area contributed by atoms with Gasteiger partial charge in [0.1, 0.15) is 5.58 Å². The van der Waals surface area contributed by atoms with Crippen molar-refractivity contribution in [2.45, 2.75) is 129 Å². The minimum atomic E-state index is -0.0586. The molecule has 0 unspecified atom stereocenters. The predicted molar refractivity (Wildman–Crippen MR) is 240 cm³/mol. The van der Waals surface area contributed by atoms with Crippen LogP contribution in [0.25, 0.3) is 11.0 Å². The molecular weight excluding hydrogens is 679 g/mol. The number of para-hydroxylation sites is 1. The van der Waals surface area contributed by atoms with Crippen molar-refractivity contribution < 1.29 is 4.42 Å². The fraction of sp³-hybridized carbons (Fsp3) is 0.385. The summed E-state index contributed by atoms with van der Waals surface area (Å²) in [5, 5.41) is 1.19. The van der Waals surface area contributed by atoms with Crippen LogP contribution >= 0.6 is 0 Å². The fourth-order valence-corrected chi connectivity index (χ4v) is 10.9. The van der Waals surface area contributed by atoms with Crippen LogP contribution in [0.5, 0.6) is 0 Å². The van der Waals surface area contributed by atoms with Crippen LogP contribution in [0.2, 0.25) is 0 Å². The quantitative estimate of drug-likeness (QED) is 0.168. The van der Waals surface area contributed by atoms with E-state index in [-0.39, 0.29) is 28.4 Å². The van der Waals surface area contributed by atoms with Crippen molar-refractivity contribution in [3.05, 3.63) is 124 Å². The highest BCUT2D eigenvalue weighted by Crippen LogP contribution is 2.53. The maximum atomic E-state index is 7.27. The lowest BCUT2D eigenvalue weighted by Gasteiger charge is -2.47. The van der Waals surface area contributed by atoms with Gasteiger partial charge in [-0.2, -0.15) is 0 Å². The molecule has 0 spiro atoms. The van der Waals surface area contributed by atoms with Crippen molar-refractivity contribution in [1.29, 1.82) is 0 Å². The third-order valence-electron chi connectivity index (χ3n) is 14.7. The summed E-state index contributed by atoms with van der Waals surface area (Å²) >= 11 is 0. The molecule has 2 aliphatic carbocycles. The molecule has 0 fully saturated rings. The van der Waals surface area contributed by atoms with E-state index in [0.717, 1.165) is 11.2 Å². The predicted octanol–water partition coefficient (Wildman–Crippen LogP) is 12.6. The van der Waals surface area contributed by atoms with Gasteiger partial charge in [-0.3, -0.25) is 0 Å². The van der Waals surface area contributed by atoms with E-state index in [1.807, 2.05) is 0 Å². The van der Waals surface area contributed by atoms with Crippen LogP contribution in [0.4, 0.5) is 34.1 Å². The Morgan fingerprint density at radius 3 is 1.82 bits per heavy atom. The average Bonchev–Trinajstić information content (AvgIpc) is 3.54. The third kappa shape index (κ3) is 4.96. The van der Waals surface area contributed by atoms with Crippen molar-refractivity contribution in [1.82, 2.24) is 0 Å². The molecule has 4 aliphatic rings. The van der Waals surface area contributed by atoms with E-state index in [0.29, 0.717) is 5.92 Å². The second kappa shape index (κ2) is 11.7. The van der Waals surface area contributed by atoms with E-state index >= 15 is 0 Å². The number of aryl methyl sites for hydroxylation is 1. The molecule has 3 heterocycles. The Morgan fingerprint density at radius 2 is 1.16 bits per heavy atom. The molecule has 0 bridgehead atoms. The lowest BCUT2D eigenvalue weighted by atomic mass is 9.35. The van der Waals surface area contributed by atoms with Crippen LogP contribution < -0.4 is 26.4 Å². The molecule has 0 radical (unpaired) electrons. The molecule has 5 aromatic carbocycles. The van der Waals surface area contributed by atoms with Gasteiger partial charge in [0.2, 0.25) is 0 Å².